The molecule has 6 nitrogen and oxygen atoms in total. The van der Waals surface area contributed by atoms with E-state index in [4.69, 9.17) is 5.73 Å². The average Bonchev–Trinajstić information content (AvgIpc) is 2.87. The van der Waals surface area contributed by atoms with Crippen molar-refractivity contribution in [1.29, 1.82) is 0 Å². The van der Waals surface area contributed by atoms with Gasteiger partial charge in [-0.25, -0.2) is 4.98 Å². The van der Waals surface area contributed by atoms with Gasteiger partial charge in [0.05, 0.1) is 5.69 Å². The SMILES string of the molecule is CC(=O)N1CCCN(C(=O)c2ccc(-c3cccc(N)n3)cc2)CC1. The van der Waals surface area contributed by atoms with Gasteiger partial charge in [-0.3, -0.25) is 9.59 Å². The quantitative estimate of drug-likeness (QED) is 0.908. The summed E-state index contributed by atoms with van der Waals surface area (Å²) in [6.45, 7) is 4.10. The van der Waals surface area contributed by atoms with Gasteiger partial charge in [0, 0.05) is 44.2 Å². The Morgan fingerprint density at radius 2 is 1.64 bits per heavy atom. The third-order valence-corrected chi connectivity index (χ3v) is 4.43. The van der Waals surface area contributed by atoms with E-state index in [0.717, 1.165) is 17.7 Å². The largest absolute Gasteiger partial charge is 0.384 e. The Hall–Kier alpha value is -2.89. The van der Waals surface area contributed by atoms with Gasteiger partial charge in [0.1, 0.15) is 5.82 Å². The summed E-state index contributed by atoms with van der Waals surface area (Å²) in [5, 5.41) is 0. The second-order valence-electron chi connectivity index (χ2n) is 6.18. The van der Waals surface area contributed by atoms with Gasteiger partial charge in [-0.2, -0.15) is 0 Å². The average molecular weight is 338 g/mol. The number of carbonyl (C=O) groups excluding carboxylic acids is 2. The predicted octanol–water partition coefficient (Wildman–Crippen LogP) is 2.03. The fraction of sp³-hybridized carbons (Fsp3) is 0.316. The first-order valence-electron chi connectivity index (χ1n) is 8.42. The van der Waals surface area contributed by atoms with Crippen LogP contribution in [0.1, 0.15) is 23.7 Å². The normalized spacial score (nSPS) is 14.9. The lowest BCUT2D eigenvalue weighted by Gasteiger charge is -2.21. The molecule has 1 aliphatic heterocycles. The summed E-state index contributed by atoms with van der Waals surface area (Å²) in [4.78, 5) is 32.1. The molecule has 130 valence electrons. The van der Waals surface area contributed by atoms with E-state index in [9.17, 15) is 9.59 Å². The van der Waals surface area contributed by atoms with Crippen LogP contribution < -0.4 is 5.73 Å². The Balaban J connectivity index is 1.71. The number of hydrogen-bond acceptors (Lipinski definition) is 4. The van der Waals surface area contributed by atoms with E-state index in [2.05, 4.69) is 4.98 Å². The van der Waals surface area contributed by atoms with Gasteiger partial charge in [0.2, 0.25) is 5.91 Å². The number of amides is 2. The van der Waals surface area contributed by atoms with Crippen LogP contribution in [0.15, 0.2) is 42.5 Å². The molecule has 2 aromatic rings. The first kappa shape index (κ1) is 17.0. The number of rotatable bonds is 2. The van der Waals surface area contributed by atoms with Crippen molar-refractivity contribution in [2.45, 2.75) is 13.3 Å². The van der Waals surface area contributed by atoms with Crippen LogP contribution >= 0.6 is 0 Å². The molecular weight excluding hydrogens is 316 g/mol. The number of hydrogen-bond donors (Lipinski definition) is 1. The van der Waals surface area contributed by atoms with Crippen molar-refractivity contribution in [3.63, 3.8) is 0 Å². The van der Waals surface area contributed by atoms with Gasteiger partial charge in [-0.1, -0.05) is 18.2 Å². The highest BCUT2D eigenvalue weighted by Gasteiger charge is 2.21. The maximum atomic E-state index is 12.7. The summed E-state index contributed by atoms with van der Waals surface area (Å²) in [5.74, 6) is 0.531. The number of nitrogen functional groups attached to an aromatic ring is 1. The molecule has 0 unspecified atom stereocenters. The van der Waals surface area contributed by atoms with Gasteiger partial charge in [0.25, 0.3) is 5.91 Å². The Labute approximate surface area is 147 Å². The van der Waals surface area contributed by atoms with E-state index in [1.54, 1.807) is 17.9 Å². The fourth-order valence-electron chi connectivity index (χ4n) is 3.01. The molecule has 3 rings (SSSR count). The van der Waals surface area contributed by atoms with Crippen molar-refractivity contribution in [3.8, 4) is 11.3 Å². The van der Waals surface area contributed by atoms with Crippen LogP contribution in [0, 0.1) is 0 Å². The molecule has 1 aromatic carbocycles. The summed E-state index contributed by atoms with van der Waals surface area (Å²) >= 11 is 0. The van der Waals surface area contributed by atoms with Crippen LogP contribution in [0.3, 0.4) is 0 Å². The molecule has 0 spiro atoms. The second-order valence-corrected chi connectivity index (χ2v) is 6.18. The lowest BCUT2D eigenvalue weighted by Crippen LogP contribution is -2.36. The zero-order valence-electron chi connectivity index (χ0n) is 14.3. The molecule has 6 heteroatoms. The molecular formula is C19H22N4O2. The Bertz CT molecular complexity index is 773. The van der Waals surface area contributed by atoms with Crippen LogP contribution in [0.4, 0.5) is 5.82 Å². The van der Waals surface area contributed by atoms with Crippen molar-refractivity contribution >= 4 is 17.6 Å². The highest BCUT2D eigenvalue weighted by atomic mass is 16.2. The first-order chi connectivity index (χ1) is 12.0. The van der Waals surface area contributed by atoms with E-state index < -0.39 is 0 Å². The molecule has 0 radical (unpaired) electrons. The minimum atomic E-state index is -0.00233. The summed E-state index contributed by atoms with van der Waals surface area (Å²) in [6, 6.07) is 12.9. The molecule has 0 aliphatic carbocycles. The third-order valence-electron chi connectivity index (χ3n) is 4.43. The highest BCUT2D eigenvalue weighted by molar-refractivity contribution is 5.94. The summed E-state index contributed by atoms with van der Waals surface area (Å²) in [6.07, 6.45) is 0.802. The van der Waals surface area contributed by atoms with Crippen molar-refractivity contribution in [2.24, 2.45) is 0 Å². The maximum absolute atomic E-state index is 12.7. The number of carbonyl (C=O) groups is 2. The lowest BCUT2D eigenvalue weighted by atomic mass is 10.1. The molecule has 1 saturated heterocycles. The van der Waals surface area contributed by atoms with Gasteiger partial charge in [-0.15, -0.1) is 0 Å². The van der Waals surface area contributed by atoms with E-state index in [1.165, 1.54) is 0 Å². The van der Waals surface area contributed by atoms with Crippen LogP contribution in [-0.2, 0) is 4.79 Å². The van der Waals surface area contributed by atoms with Crippen molar-refractivity contribution in [3.05, 3.63) is 48.0 Å². The van der Waals surface area contributed by atoms with E-state index in [1.807, 2.05) is 41.3 Å². The maximum Gasteiger partial charge on any atom is 0.253 e. The molecule has 1 fully saturated rings. The minimum absolute atomic E-state index is 0.00233. The minimum Gasteiger partial charge on any atom is -0.384 e. The summed E-state index contributed by atoms with van der Waals surface area (Å²) in [7, 11) is 0. The summed E-state index contributed by atoms with van der Waals surface area (Å²) < 4.78 is 0. The van der Waals surface area contributed by atoms with Crippen LogP contribution in [0.5, 0.6) is 0 Å². The predicted molar refractivity (Wildman–Crippen MR) is 96.9 cm³/mol. The zero-order chi connectivity index (χ0) is 17.8. The van der Waals surface area contributed by atoms with Crippen molar-refractivity contribution < 1.29 is 9.59 Å². The van der Waals surface area contributed by atoms with E-state index >= 15 is 0 Å². The van der Waals surface area contributed by atoms with Crippen molar-refractivity contribution in [1.82, 2.24) is 14.8 Å². The van der Waals surface area contributed by atoms with E-state index in [-0.39, 0.29) is 11.8 Å². The first-order valence-corrected chi connectivity index (χ1v) is 8.42. The molecule has 2 heterocycles. The standard InChI is InChI=1S/C19H22N4O2/c1-14(24)22-10-3-11-23(13-12-22)19(25)16-8-6-15(7-9-16)17-4-2-5-18(20)21-17/h2,4-9H,3,10-13H2,1H3,(H2,20,21). The van der Waals surface area contributed by atoms with E-state index in [0.29, 0.717) is 37.6 Å². The molecule has 0 bridgehead atoms. The molecule has 0 saturated carbocycles. The summed E-state index contributed by atoms with van der Waals surface area (Å²) in [5.41, 5.74) is 8.06. The highest BCUT2D eigenvalue weighted by Crippen LogP contribution is 2.19. The van der Waals surface area contributed by atoms with Gasteiger partial charge < -0.3 is 15.5 Å². The Kier molecular flexibility index (Phi) is 4.97. The smallest absolute Gasteiger partial charge is 0.253 e. The van der Waals surface area contributed by atoms with Crippen LogP contribution in [0.25, 0.3) is 11.3 Å². The Morgan fingerprint density at radius 1 is 0.960 bits per heavy atom. The number of nitrogens with two attached hydrogens (primary N) is 1. The van der Waals surface area contributed by atoms with Gasteiger partial charge >= 0.3 is 0 Å². The fourth-order valence-corrected chi connectivity index (χ4v) is 3.01. The third kappa shape index (κ3) is 3.96. The Morgan fingerprint density at radius 3 is 2.32 bits per heavy atom. The monoisotopic (exact) mass is 338 g/mol. The van der Waals surface area contributed by atoms with Gasteiger partial charge in [-0.05, 0) is 30.7 Å². The molecule has 2 amide bonds. The molecule has 1 aliphatic rings. The molecule has 2 N–H and O–H groups in total. The topological polar surface area (TPSA) is 79.5 Å². The number of pyridine rings is 1. The van der Waals surface area contributed by atoms with Crippen LogP contribution in [-0.4, -0.2) is 52.8 Å². The number of nitrogens with zero attached hydrogens (tertiary/aromatic N) is 3. The zero-order valence-corrected chi connectivity index (χ0v) is 14.3. The molecule has 1 aromatic heterocycles. The lowest BCUT2D eigenvalue weighted by molar-refractivity contribution is -0.128. The number of anilines is 1. The van der Waals surface area contributed by atoms with Gasteiger partial charge in [0.15, 0.2) is 0 Å². The molecule has 25 heavy (non-hydrogen) atoms. The molecule has 0 atom stereocenters. The number of benzene rings is 1. The van der Waals surface area contributed by atoms with Crippen molar-refractivity contribution in [2.75, 3.05) is 31.9 Å². The number of aromatic nitrogens is 1. The second kappa shape index (κ2) is 7.34. The van der Waals surface area contributed by atoms with Crippen LogP contribution in [0.2, 0.25) is 0 Å².